The van der Waals surface area contributed by atoms with Crippen LogP contribution in [0.15, 0.2) is 53.3 Å². The maximum Gasteiger partial charge on any atom is 0.139 e. The van der Waals surface area contributed by atoms with Gasteiger partial charge in [-0.15, -0.1) is 0 Å². The Kier molecular flexibility index (Phi) is 4.59. The van der Waals surface area contributed by atoms with Crippen molar-refractivity contribution in [1.29, 1.82) is 15.8 Å². The van der Waals surface area contributed by atoms with E-state index in [1.165, 1.54) is 0 Å². The lowest BCUT2D eigenvalue weighted by molar-refractivity contribution is 0.167. The van der Waals surface area contributed by atoms with Crippen LogP contribution in [0, 0.1) is 57.2 Å². The third-order valence-corrected chi connectivity index (χ3v) is 6.29. The molecule has 136 valence electrons. The van der Waals surface area contributed by atoms with Crippen LogP contribution in [0.25, 0.3) is 0 Å². The lowest BCUT2D eigenvalue weighted by atomic mass is 9.54. The molecule has 3 rings (SSSR count). The third-order valence-electron chi connectivity index (χ3n) is 6.29. The van der Waals surface area contributed by atoms with Crippen LogP contribution >= 0.6 is 0 Å². The van der Waals surface area contributed by atoms with E-state index >= 15 is 0 Å². The van der Waals surface area contributed by atoms with Crippen molar-refractivity contribution in [3.63, 3.8) is 0 Å². The van der Waals surface area contributed by atoms with Gasteiger partial charge in [-0.2, -0.15) is 15.8 Å². The fourth-order valence-corrected chi connectivity index (χ4v) is 4.62. The van der Waals surface area contributed by atoms with Crippen LogP contribution < -0.4 is 5.73 Å². The van der Waals surface area contributed by atoms with Gasteiger partial charge in [-0.1, -0.05) is 57.2 Å². The average Bonchev–Trinajstić information content (AvgIpc) is 2.66. The van der Waals surface area contributed by atoms with Gasteiger partial charge in [0.2, 0.25) is 0 Å². The summed E-state index contributed by atoms with van der Waals surface area (Å²) >= 11 is 0. The van der Waals surface area contributed by atoms with Crippen molar-refractivity contribution in [1.82, 2.24) is 0 Å². The van der Waals surface area contributed by atoms with E-state index < -0.39 is 11.3 Å². The SMILES string of the molecule is CC(C)(C)[C@@H]1CC=C2C(C#N)=C(N)[C@](C#N)(c3ccccc3)[C@@H](C#N)[C@H]2C1. The van der Waals surface area contributed by atoms with Gasteiger partial charge < -0.3 is 5.73 Å². The van der Waals surface area contributed by atoms with Crippen molar-refractivity contribution >= 4 is 0 Å². The number of nitriles is 3. The minimum atomic E-state index is -1.30. The molecular weight excluding hydrogens is 332 g/mol. The number of hydrogen-bond acceptors (Lipinski definition) is 4. The normalized spacial score (nSPS) is 30.4. The molecule has 0 fully saturated rings. The van der Waals surface area contributed by atoms with Crippen LogP contribution in [0.5, 0.6) is 0 Å². The van der Waals surface area contributed by atoms with E-state index in [1.807, 2.05) is 30.3 Å². The molecule has 1 aromatic carbocycles. The summed E-state index contributed by atoms with van der Waals surface area (Å²) in [7, 11) is 0. The van der Waals surface area contributed by atoms with Crippen molar-refractivity contribution < 1.29 is 0 Å². The fraction of sp³-hybridized carbons (Fsp3) is 0.435. The van der Waals surface area contributed by atoms with Gasteiger partial charge in [-0.3, -0.25) is 0 Å². The maximum absolute atomic E-state index is 10.3. The molecule has 0 amide bonds. The monoisotopic (exact) mass is 356 g/mol. The first-order chi connectivity index (χ1) is 12.8. The van der Waals surface area contributed by atoms with Gasteiger partial charge in [-0.05, 0) is 35.3 Å². The van der Waals surface area contributed by atoms with Gasteiger partial charge in [-0.25, -0.2) is 0 Å². The van der Waals surface area contributed by atoms with Crippen LogP contribution in [0.3, 0.4) is 0 Å². The van der Waals surface area contributed by atoms with Gasteiger partial charge in [0.05, 0.1) is 29.3 Å². The number of allylic oxidation sites excluding steroid dienone is 4. The van der Waals surface area contributed by atoms with Gasteiger partial charge >= 0.3 is 0 Å². The van der Waals surface area contributed by atoms with E-state index in [1.54, 1.807) is 0 Å². The molecule has 4 nitrogen and oxygen atoms in total. The standard InChI is InChI=1S/C23H24N4/c1-22(2,3)16-9-10-17-18(11-16)20(13-25)23(14-26,21(27)19(17)12-24)15-7-5-4-6-8-15/h4-8,10,16,18,20H,9,11,27H2,1-3H3/t16-,18+,20+,23-/m1/s1. The molecule has 27 heavy (non-hydrogen) atoms. The molecule has 0 unspecified atom stereocenters. The quantitative estimate of drug-likeness (QED) is 0.809. The van der Waals surface area contributed by atoms with E-state index in [9.17, 15) is 15.8 Å². The predicted molar refractivity (Wildman–Crippen MR) is 103 cm³/mol. The summed E-state index contributed by atoms with van der Waals surface area (Å²) in [5.41, 5.74) is 7.35. The Morgan fingerprint density at radius 3 is 2.30 bits per heavy atom. The molecule has 1 aromatic rings. The van der Waals surface area contributed by atoms with Gasteiger partial charge in [0, 0.05) is 5.92 Å². The number of nitrogens with two attached hydrogens (primary N) is 1. The molecule has 0 aliphatic heterocycles. The van der Waals surface area contributed by atoms with Crippen LogP contribution in [0.2, 0.25) is 0 Å². The van der Waals surface area contributed by atoms with Gasteiger partial charge in [0.15, 0.2) is 0 Å². The van der Waals surface area contributed by atoms with Crippen LogP contribution in [0.1, 0.15) is 39.2 Å². The highest BCUT2D eigenvalue weighted by Crippen LogP contribution is 2.54. The van der Waals surface area contributed by atoms with E-state index in [2.05, 4.69) is 45.1 Å². The molecule has 2 aliphatic rings. The smallest absolute Gasteiger partial charge is 0.139 e. The first-order valence-corrected chi connectivity index (χ1v) is 9.28. The number of nitrogens with zero attached hydrogens (tertiary/aromatic N) is 3. The molecule has 2 aliphatic carbocycles. The number of rotatable bonds is 1. The van der Waals surface area contributed by atoms with E-state index in [0.29, 0.717) is 17.1 Å². The minimum absolute atomic E-state index is 0.0869. The van der Waals surface area contributed by atoms with Crippen molar-refractivity contribution in [2.75, 3.05) is 0 Å². The fourth-order valence-electron chi connectivity index (χ4n) is 4.62. The molecular formula is C23H24N4. The van der Waals surface area contributed by atoms with Crippen molar-refractivity contribution in [2.24, 2.45) is 28.9 Å². The zero-order valence-corrected chi connectivity index (χ0v) is 16.0. The van der Waals surface area contributed by atoms with Gasteiger partial charge in [0.25, 0.3) is 0 Å². The summed E-state index contributed by atoms with van der Waals surface area (Å²) in [4.78, 5) is 0. The summed E-state index contributed by atoms with van der Waals surface area (Å²) in [6, 6.07) is 16.2. The summed E-state index contributed by atoms with van der Waals surface area (Å²) in [6.45, 7) is 6.60. The molecule has 4 atom stereocenters. The molecule has 0 aromatic heterocycles. The van der Waals surface area contributed by atoms with E-state index in [0.717, 1.165) is 18.4 Å². The Labute approximate surface area is 161 Å². The summed E-state index contributed by atoms with van der Waals surface area (Å²) in [5, 5.41) is 30.2. The van der Waals surface area contributed by atoms with E-state index in [4.69, 9.17) is 5.73 Å². The zero-order chi connectivity index (χ0) is 19.8. The largest absolute Gasteiger partial charge is 0.399 e. The second kappa shape index (κ2) is 6.61. The maximum atomic E-state index is 10.3. The highest BCUT2D eigenvalue weighted by atomic mass is 14.7. The molecule has 4 heteroatoms. The second-order valence-corrected chi connectivity index (χ2v) is 8.59. The number of fused-ring (bicyclic) bond motifs is 1. The molecule has 2 N–H and O–H groups in total. The Balaban J connectivity index is 2.28. The lowest BCUT2D eigenvalue weighted by Crippen LogP contribution is -2.48. The van der Waals surface area contributed by atoms with E-state index in [-0.39, 0.29) is 17.0 Å². The zero-order valence-electron chi connectivity index (χ0n) is 16.0. The molecule has 0 bridgehead atoms. The molecule has 0 saturated carbocycles. The van der Waals surface area contributed by atoms with Crippen molar-refractivity contribution in [3.8, 4) is 18.2 Å². The topological polar surface area (TPSA) is 97.4 Å². The second-order valence-electron chi connectivity index (χ2n) is 8.59. The Hall–Kier alpha value is -3.03. The lowest BCUT2D eigenvalue weighted by Gasteiger charge is -2.46. The van der Waals surface area contributed by atoms with Gasteiger partial charge in [0.1, 0.15) is 11.5 Å². The Morgan fingerprint density at radius 2 is 1.78 bits per heavy atom. The minimum Gasteiger partial charge on any atom is -0.399 e. The average molecular weight is 356 g/mol. The number of hydrogen-bond donors (Lipinski definition) is 1. The van der Waals surface area contributed by atoms with Crippen molar-refractivity contribution in [2.45, 2.75) is 39.0 Å². The highest BCUT2D eigenvalue weighted by molar-refractivity contribution is 5.60. The molecule has 0 spiro atoms. The third kappa shape index (κ3) is 2.72. The number of benzene rings is 1. The Bertz CT molecular complexity index is 928. The Morgan fingerprint density at radius 1 is 1.11 bits per heavy atom. The molecule has 0 radical (unpaired) electrons. The first-order valence-electron chi connectivity index (χ1n) is 9.28. The summed E-state index contributed by atoms with van der Waals surface area (Å²) < 4.78 is 0. The van der Waals surface area contributed by atoms with Crippen molar-refractivity contribution in [3.05, 3.63) is 58.8 Å². The van der Waals surface area contributed by atoms with Crippen LogP contribution in [-0.4, -0.2) is 0 Å². The highest BCUT2D eigenvalue weighted by Gasteiger charge is 2.55. The summed E-state index contributed by atoms with van der Waals surface area (Å²) in [6.07, 6.45) is 3.71. The molecule has 0 saturated heterocycles. The van der Waals surface area contributed by atoms with Crippen LogP contribution in [-0.2, 0) is 5.41 Å². The van der Waals surface area contributed by atoms with Crippen LogP contribution in [0.4, 0.5) is 0 Å². The predicted octanol–water partition coefficient (Wildman–Crippen LogP) is 4.34. The first kappa shape index (κ1) is 18.8. The summed E-state index contributed by atoms with van der Waals surface area (Å²) in [5.74, 6) is -0.415. The molecule has 0 heterocycles.